The first-order chi connectivity index (χ1) is 15.8. The molecule has 0 aliphatic carbocycles. The number of rotatable bonds is 8. The molecule has 1 aliphatic heterocycles. The van der Waals surface area contributed by atoms with Crippen LogP contribution in [-0.2, 0) is 22.6 Å². The first-order valence-electron chi connectivity index (χ1n) is 11.1. The van der Waals surface area contributed by atoms with Gasteiger partial charge in [-0.05, 0) is 62.4 Å². The van der Waals surface area contributed by atoms with E-state index in [1.165, 1.54) is 13.2 Å². The molecule has 33 heavy (non-hydrogen) atoms. The lowest BCUT2D eigenvalue weighted by molar-refractivity contribution is -0.122. The Morgan fingerprint density at radius 3 is 2.82 bits per heavy atom. The van der Waals surface area contributed by atoms with Crippen LogP contribution in [0.5, 0.6) is 5.75 Å². The van der Waals surface area contributed by atoms with Gasteiger partial charge in [0.15, 0.2) is 0 Å². The lowest BCUT2D eigenvalue weighted by Gasteiger charge is -2.29. The molecule has 0 spiro atoms. The molecule has 1 saturated heterocycles. The van der Waals surface area contributed by atoms with Gasteiger partial charge >= 0.3 is 0 Å². The standard InChI is InChI=1S/C25H29FN4O3/c1-16-10-17(2)30-15-19(28-22(30)11-16)14-27-23(31)6-8-25(9-7-24(32)29-25)13-18-4-5-20(33-3)12-21(18)26/h4-5,10-12,15H,6-9,13-14H2,1-3H3,(H,27,31)(H,29,32)/t25-/m1/s1. The molecule has 2 amide bonds. The molecule has 1 atom stereocenters. The Morgan fingerprint density at radius 2 is 2.12 bits per heavy atom. The number of ether oxygens (including phenoxy) is 1. The van der Waals surface area contributed by atoms with Crippen molar-refractivity contribution in [3.63, 3.8) is 0 Å². The van der Waals surface area contributed by atoms with Crippen molar-refractivity contribution in [3.05, 3.63) is 64.9 Å². The highest BCUT2D eigenvalue weighted by molar-refractivity contribution is 5.80. The largest absolute Gasteiger partial charge is 0.497 e. The minimum absolute atomic E-state index is 0.0697. The van der Waals surface area contributed by atoms with Gasteiger partial charge in [-0.2, -0.15) is 0 Å². The van der Waals surface area contributed by atoms with Crippen molar-refractivity contribution in [2.45, 2.75) is 58.0 Å². The van der Waals surface area contributed by atoms with E-state index in [2.05, 4.69) is 21.7 Å². The molecular formula is C25H29FN4O3. The summed E-state index contributed by atoms with van der Waals surface area (Å²) >= 11 is 0. The van der Waals surface area contributed by atoms with E-state index in [0.29, 0.717) is 43.5 Å². The Hall–Kier alpha value is -3.42. The summed E-state index contributed by atoms with van der Waals surface area (Å²) < 4.78 is 21.6. The van der Waals surface area contributed by atoms with Gasteiger partial charge in [-0.3, -0.25) is 9.59 Å². The van der Waals surface area contributed by atoms with Crippen molar-refractivity contribution in [1.82, 2.24) is 20.0 Å². The molecule has 2 N–H and O–H groups in total. The fourth-order valence-electron chi connectivity index (χ4n) is 4.53. The number of carbonyl (C=O) groups is 2. The highest BCUT2D eigenvalue weighted by Gasteiger charge is 2.38. The molecule has 7 nitrogen and oxygen atoms in total. The van der Waals surface area contributed by atoms with Crippen LogP contribution < -0.4 is 15.4 Å². The van der Waals surface area contributed by atoms with Gasteiger partial charge in [0.2, 0.25) is 11.8 Å². The number of amides is 2. The number of methoxy groups -OCH3 is 1. The quantitative estimate of drug-likeness (QED) is 0.549. The predicted octanol–water partition coefficient (Wildman–Crippen LogP) is 3.39. The fraction of sp³-hybridized carbons (Fsp3) is 0.400. The second-order valence-electron chi connectivity index (χ2n) is 8.87. The molecular weight excluding hydrogens is 423 g/mol. The molecule has 1 aromatic carbocycles. The number of nitrogens with one attached hydrogen (secondary N) is 2. The van der Waals surface area contributed by atoms with Crippen molar-refractivity contribution in [2.24, 2.45) is 0 Å². The number of nitrogens with zero attached hydrogens (tertiary/aromatic N) is 2. The molecule has 0 saturated carbocycles. The van der Waals surface area contributed by atoms with Crippen molar-refractivity contribution in [1.29, 1.82) is 0 Å². The fourth-order valence-corrected chi connectivity index (χ4v) is 4.53. The Kier molecular flexibility index (Phi) is 6.35. The van der Waals surface area contributed by atoms with Gasteiger partial charge in [0.25, 0.3) is 0 Å². The maximum Gasteiger partial charge on any atom is 0.220 e. The number of fused-ring (bicyclic) bond motifs is 1. The molecule has 1 fully saturated rings. The van der Waals surface area contributed by atoms with Crippen LogP contribution in [0.25, 0.3) is 5.65 Å². The smallest absolute Gasteiger partial charge is 0.220 e. The average molecular weight is 453 g/mol. The Labute approximate surface area is 192 Å². The number of carbonyl (C=O) groups excluding carboxylic acids is 2. The van der Waals surface area contributed by atoms with E-state index in [0.717, 1.165) is 22.6 Å². The van der Waals surface area contributed by atoms with Crippen LogP contribution in [0.1, 0.15) is 48.2 Å². The lowest BCUT2D eigenvalue weighted by Crippen LogP contribution is -2.44. The van der Waals surface area contributed by atoms with E-state index in [-0.39, 0.29) is 24.1 Å². The van der Waals surface area contributed by atoms with Gasteiger partial charge in [-0.15, -0.1) is 0 Å². The minimum Gasteiger partial charge on any atom is -0.497 e. The normalized spacial score (nSPS) is 17.9. The van der Waals surface area contributed by atoms with E-state index in [1.807, 2.05) is 30.5 Å². The molecule has 2 aromatic heterocycles. The number of aromatic nitrogens is 2. The zero-order chi connectivity index (χ0) is 23.6. The number of pyridine rings is 1. The highest BCUT2D eigenvalue weighted by atomic mass is 19.1. The van der Waals surface area contributed by atoms with Gasteiger partial charge in [0.1, 0.15) is 17.2 Å². The summed E-state index contributed by atoms with van der Waals surface area (Å²) in [7, 11) is 1.49. The summed E-state index contributed by atoms with van der Waals surface area (Å²) in [5, 5.41) is 5.92. The molecule has 8 heteroatoms. The van der Waals surface area contributed by atoms with Crippen molar-refractivity contribution >= 4 is 17.5 Å². The summed E-state index contributed by atoms with van der Waals surface area (Å²) in [6.07, 6.45) is 3.85. The van der Waals surface area contributed by atoms with E-state index < -0.39 is 5.54 Å². The summed E-state index contributed by atoms with van der Waals surface area (Å²) in [4.78, 5) is 29.2. The summed E-state index contributed by atoms with van der Waals surface area (Å²) in [6, 6.07) is 8.80. The van der Waals surface area contributed by atoms with Crippen molar-refractivity contribution in [2.75, 3.05) is 7.11 Å². The molecule has 1 aliphatic rings. The Bertz CT molecular complexity index is 1210. The second-order valence-corrected chi connectivity index (χ2v) is 8.87. The average Bonchev–Trinajstić information content (AvgIpc) is 3.36. The molecule has 3 aromatic rings. The van der Waals surface area contributed by atoms with Crippen LogP contribution in [0.3, 0.4) is 0 Å². The van der Waals surface area contributed by atoms with Gasteiger partial charge in [0, 0.05) is 36.3 Å². The number of benzene rings is 1. The number of aryl methyl sites for hydroxylation is 2. The molecule has 0 unspecified atom stereocenters. The second kappa shape index (κ2) is 9.21. The first-order valence-corrected chi connectivity index (χ1v) is 11.1. The molecule has 3 heterocycles. The van der Waals surface area contributed by atoms with E-state index in [4.69, 9.17) is 4.74 Å². The van der Waals surface area contributed by atoms with Crippen molar-refractivity contribution in [3.8, 4) is 5.75 Å². The minimum atomic E-state index is -0.637. The van der Waals surface area contributed by atoms with Crippen LogP contribution in [0, 0.1) is 19.7 Å². The monoisotopic (exact) mass is 452 g/mol. The number of halogens is 1. The third kappa shape index (κ3) is 5.16. The SMILES string of the molecule is COc1ccc(C[C@@]2(CCC(=O)NCc3cn4c(C)cc(C)cc4n3)CCC(=O)N2)c(F)c1. The van der Waals surface area contributed by atoms with Gasteiger partial charge in [-0.1, -0.05) is 6.07 Å². The maximum absolute atomic E-state index is 14.5. The molecule has 4 rings (SSSR count). The summed E-state index contributed by atoms with van der Waals surface area (Å²) in [6.45, 7) is 4.37. The van der Waals surface area contributed by atoms with Crippen LogP contribution in [0.2, 0.25) is 0 Å². The van der Waals surface area contributed by atoms with Gasteiger partial charge in [0.05, 0.1) is 19.3 Å². The van der Waals surface area contributed by atoms with E-state index >= 15 is 0 Å². The first kappa shape index (κ1) is 22.8. The number of imidazole rings is 1. The topological polar surface area (TPSA) is 84.7 Å². The summed E-state index contributed by atoms with van der Waals surface area (Å²) in [5.41, 5.74) is 3.71. The third-order valence-electron chi connectivity index (χ3n) is 6.28. The van der Waals surface area contributed by atoms with E-state index in [1.54, 1.807) is 12.1 Å². The van der Waals surface area contributed by atoms with Crippen LogP contribution in [0.4, 0.5) is 4.39 Å². The lowest BCUT2D eigenvalue weighted by atomic mass is 9.84. The Balaban J connectivity index is 1.38. The predicted molar refractivity (Wildman–Crippen MR) is 123 cm³/mol. The van der Waals surface area contributed by atoms with Gasteiger partial charge < -0.3 is 19.8 Å². The summed E-state index contributed by atoms with van der Waals surface area (Å²) in [5.74, 6) is -0.135. The highest BCUT2D eigenvalue weighted by Crippen LogP contribution is 2.31. The zero-order valence-corrected chi connectivity index (χ0v) is 19.2. The van der Waals surface area contributed by atoms with Crippen molar-refractivity contribution < 1.29 is 18.7 Å². The van der Waals surface area contributed by atoms with Crippen LogP contribution >= 0.6 is 0 Å². The molecule has 0 bridgehead atoms. The third-order valence-corrected chi connectivity index (χ3v) is 6.28. The Morgan fingerprint density at radius 1 is 1.30 bits per heavy atom. The van der Waals surface area contributed by atoms with Crippen LogP contribution in [0.15, 0.2) is 36.5 Å². The van der Waals surface area contributed by atoms with Gasteiger partial charge in [-0.25, -0.2) is 9.37 Å². The maximum atomic E-state index is 14.5. The van der Waals surface area contributed by atoms with Crippen LogP contribution in [-0.4, -0.2) is 33.8 Å². The molecule has 0 radical (unpaired) electrons. The van der Waals surface area contributed by atoms with E-state index in [9.17, 15) is 14.0 Å². The number of hydrogen-bond acceptors (Lipinski definition) is 4. The zero-order valence-electron chi connectivity index (χ0n) is 19.2. The molecule has 174 valence electrons. The number of hydrogen-bond donors (Lipinski definition) is 2.